The van der Waals surface area contributed by atoms with Gasteiger partial charge in [0.15, 0.2) is 0 Å². The van der Waals surface area contributed by atoms with Gasteiger partial charge >= 0.3 is 0 Å². The number of piperazine rings is 1. The average Bonchev–Trinajstić information content (AvgIpc) is 2.19. The van der Waals surface area contributed by atoms with Gasteiger partial charge in [-0.2, -0.15) is 4.31 Å². The van der Waals surface area contributed by atoms with Crippen LogP contribution in [0.3, 0.4) is 0 Å². The average molecular weight is 221 g/mol. The van der Waals surface area contributed by atoms with E-state index in [2.05, 4.69) is 5.32 Å². The molecule has 0 amide bonds. The van der Waals surface area contributed by atoms with E-state index in [-0.39, 0.29) is 6.54 Å². The molecule has 5 nitrogen and oxygen atoms in total. The normalized spacial score (nSPS) is 21.1. The lowest BCUT2D eigenvalue weighted by molar-refractivity contribution is 0.348. The van der Waals surface area contributed by atoms with Crippen molar-refractivity contribution in [1.82, 2.24) is 9.62 Å². The Morgan fingerprint density at radius 3 is 2.29 bits per heavy atom. The lowest BCUT2D eigenvalue weighted by Crippen LogP contribution is -2.54. The van der Waals surface area contributed by atoms with Crippen LogP contribution in [0.25, 0.3) is 0 Å². The van der Waals surface area contributed by atoms with E-state index >= 15 is 0 Å². The molecule has 0 unspecified atom stereocenters. The van der Waals surface area contributed by atoms with Gasteiger partial charge in [-0.3, -0.25) is 0 Å². The van der Waals surface area contributed by atoms with Crippen LogP contribution in [0.1, 0.15) is 13.8 Å². The van der Waals surface area contributed by atoms with Crippen LogP contribution in [0.15, 0.2) is 0 Å². The van der Waals surface area contributed by atoms with Gasteiger partial charge < -0.3 is 11.1 Å². The van der Waals surface area contributed by atoms with Crippen LogP contribution in [-0.4, -0.2) is 50.2 Å². The van der Waals surface area contributed by atoms with Crippen LogP contribution in [0.4, 0.5) is 0 Å². The molecular formula is C8H19N3O2S. The van der Waals surface area contributed by atoms with Crippen molar-refractivity contribution in [2.24, 2.45) is 5.73 Å². The summed E-state index contributed by atoms with van der Waals surface area (Å²) in [6, 6.07) is 0. The number of nitrogens with two attached hydrogens (primary N) is 1. The summed E-state index contributed by atoms with van der Waals surface area (Å²) in [6.07, 6.45) is 0. The van der Waals surface area contributed by atoms with Crippen LogP contribution in [0, 0.1) is 0 Å². The quantitative estimate of drug-likeness (QED) is 0.638. The molecule has 0 aromatic carbocycles. The summed E-state index contributed by atoms with van der Waals surface area (Å²) in [5, 5.41) is 3.12. The molecule has 1 aliphatic rings. The van der Waals surface area contributed by atoms with Crippen LogP contribution >= 0.6 is 0 Å². The molecule has 0 aromatic heterocycles. The second-order valence-corrected chi connectivity index (χ2v) is 6.69. The molecule has 1 heterocycles. The molecule has 84 valence electrons. The van der Waals surface area contributed by atoms with Crippen molar-refractivity contribution in [3.05, 3.63) is 0 Å². The highest BCUT2D eigenvalue weighted by Gasteiger charge is 2.38. The molecule has 14 heavy (non-hydrogen) atoms. The third kappa shape index (κ3) is 2.08. The molecule has 0 bridgehead atoms. The molecule has 0 saturated carbocycles. The van der Waals surface area contributed by atoms with E-state index in [1.807, 2.05) is 0 Å². The van der Waals surface area contributed by atoms with E-state index in [0.717, 1.165) is 13.1 Å². The molecule has 1 fully saturated rings. The smallest absolute Gasteiger partial charge is 0.220 e. The maximum absolute atomic E-state index is 12.1. The molecule has 0 aromatic rings. The minimum atomic E-state index is -3.24. The summed E-state index contributed by atoms with van der Waals surface area (Å²) in [4.78, 5) is 0. The van der Waals surface area contributed by atoms with Crippen LogP contribution < -0.4 is 11.1 Å². The number of rotatable bonds is 3. The number of nitrogens with one attached hydrogen (secondary N) is 1. The lowest BCUT2D eigenvalue weighted by atomic mass is 10.2. The van der Waals surface area contributed by atoms with Gasteiger partial charge in [0.1, 0.15) is 0 Å². The highest BCUT2D eigenvalue weighted by molar-refractivity contribution is 7.90. The van der Waals surface area contributed by atoms with E-state index in [4.69, 9.17) is 5.73 Å². The molecule has 3 N–H and O–H groups in total. The van der Waals surface area contributed by atoms with Crippen molar-refractivity contribution in [3.63, 3.8) is 0 Å². The Kier molecular flexibility index (Phi) is 3.52. The number of hydrogen-bond acceptors (Lipinski definition) is 4. The minimum Gasteiger partial charge on any atom is -0.329 e. The lowest BCUT2D eigenvalue weighted by Gasteiger charge is -2.33. The third-order valence-electron chi connectivity index (χ3n) is 2.61. The van der Waals surface area contributed by atoms with Crippen molar-refractivity contribution in [1.29, 1.82) is 0 Å². The maximum Gasteiger partial charge on any atom is 0.220 e. The van der Waals surface area contributed by atoms with E-state index < -0.39 is 14.8 Å². The molecule has 0 radical (unpaired) electrons. The number of sulfonamides is 1. The molecule has 0 aliphatic carbocycles. The summed E-state index contributed by atoms with van der Waals surface area (Å²) in [6.45, 7) is 6.03. The van der Waals surface area contributed by atoms with Crippen LogP contribution in [0.5, 0.6) is 0 Å². The predicted molar refractivity (Wildman–Crippen MR) is 56.5 cm³/mol. The Morgan fingerprint density at radius 1 is 1.36 bits per heavy atom. The van der Waals surface area contributed by atoms with Gasteiger partial charge in [0, 0.05) is 32.7 Å². The standard InChI is InChI=1S/C8H19N3O2S/c1-8(2,7-9)14(12,13)11-5-3-10-4-6-11/h10H,3-7,9H2,1-2H3. The first-order valence-electron chi connectivity index (χ1n) is 4.82. The van der Waals surface area contributed by atoms with Crippen LogP contribution in [0.2, 0.25) is 0 Å². The zero-order chi connectivity index (χ0) is 10.8. The maximum atomic E-state index is 12.1. The van der Waals surface area contributed by atoms with E-state index in [9.17, 15) is 8.42 Å². The zero-order valence-electron chi connectivity index (χ0n) is 8.78. The minimum absolute atomic E-state index is 0.152. The number of hydrogen-bond donors (Lipinski definition) is 2. The summed E-state index contributed by atoms with van der Waals surface area (Å²) >= 11 is 0. The number of nitrogens with zero attached hydrogens (tertiary/aromatic N) is 1. The molecule has 1 saturated heterocycles. The van der Waals surface area contributed by atoms with Crippen LogP contribution in [-0.2, 0) is 10.0 Å². The van der Waals surface area contributed by atoms with Crippen molar-refractivity contribution < 1.29 is 8.42 Å². The molecular weight excluding hydrogens is 202 g/mol. The van der Waals surface area contributed by atoms with Gasteiger partial charge in [0.2, 0.25) is 10.0 Å². The Morgan fingerprint density at radius 2 is 1.86 bits per heavy atom. The van der Waals surface area contributed by atoms with E-state index in [0.29, 0.717) is 13.1 Å². The van der Waals surface area contributed by atoms with Gasteiger partial charge in [-0.05, 0) is 13.8 Å². The van der Waals surface area contributed by atoms with Gasteiger partial charge in [-0.15, -0.1) is 0 Å². The monoisotopic (exact) mass is 221 g/mol. The van der Waals surface area contributed by atoms with Gasteiger partial charge in [0.25, 0.3) is 0 Å². The predicted octanol–water partition coefficient (Wildman–Crippen LogP) is -1.04. The Bertz CT molecular complexity index is 281. The van der Waals surface area contributed by atoms with E-state index in [1.165, 1.54) is 4.31 Å². The van der Waals surface area contributed by atoms with Crippen molar-refractivity contribution in [2.75, 3.05) is 32.7 Å². The summed E-state index contributed by atoms with van der Waals surface area (Å²) < 4.78 is 24.8. The Hall–Kier alpha value is -0.170. The Balaban J connectivity index is 2.83. The van der Waals surface area contributed by atoms with Crippen molar-refractivity contribution in [2.45, 2.75) is 18.6 Å². The highest BCUT2D eigenvalue weighted by atomic mass is 32.2. The summed E-state index contributed by atoms with van der Waals surface area (Å²) in [7, 11) is -3.24. The topological polar surface area (TPSA) is 75.4 Å². The first-order chi connectivity index (χ1) is 6.42. The molecule has 1 aliphatic heterocycles. The first kappa shape index (κ1) is 11.9. The third-order valence-corrected chi connectivity index (χ3v) is 5.21. The van der Waals surface area contributed by atoms with Crippen molar-refractivity contribution >= 4 is 10.0 Å². The molecule has 6 heteroatoms. The SMILES string of the molecule is CC(C)(CN)S(=O)(=O)N1CCNCC1. The highest BCUT2D eigenvalue weighted by Crippen LogP contribution is 2.19. The van der Waals surface area contributed by atoms with E-state index in [1.54, 1.807) is 13.8 Å². The summed E-state index contributed by atoms with van der Waals surface area (Å²) in [5.74, 6) is 0. The summed E-state index contributed by atoms with van der Waals surface area (Å²) in [5.41, 5.74) is 5.48. The molecule has 1 rings (SSSR count). The van der Waals surface area contributed by atoms with Gasteiger partial charge in [-0.25, -0.2) is 8.42 Å². The fourth-order valence-electron chi connectivity index (χ4n) is 1.34. The van der Waals surface area contributed by atoms with Gasteiger partial charge in [0.05, 0.1) is 4.75 Å². The second kappa shape index (κ2) is 4.14. The van der Waals surface area contributed by atoms with Crippen molar-refractivity contribution in [3.8, 4) is 0 Å². The fourth-order valence-corrected chi connectivity index (χ4v) is 2.91. The largest absolute Gasteiger partial charge is 0.329 e. The second-order valence-electron chi connectivity index (χ2n) is 4.12. The Labute approximate surface area is 85.7 Å². The van der Waals surface area contributed by atoms with Gasteiger partial charge in [-0.1, -0.05) is 0 Å². The zero-order valence-corrected chi connectivity index (χ0v) is 9.60. The first-order valence-corrected chi connectivity index (χ1v) is 6.26. The molecule has 0 atom stereocenters. The fraction of sp³-hybridized carbons (Fsp3) is 1.00. The molecule has 0 spiro atoms.